The van der Waals surface area contributed by atoms with Gasteiger partial charge in [-0.05, 0) is 31.7 Å². The predicted molar refractivity (Wildman–Crippen MR) is 130 cm³/mol. The highest BCUT2D eigenvalue weighted by Crippen LogP contribution is 2.26. The Bertz CT molecular complexity index is 926. The second kappa shape index (κ2) is 12.6. The average Bonchev–Trinajstić information content (AvgIpc) is 3.19. The molecule has 1 saturated heterocycles. The van der Waals surface area contributed by atoms with Crippen LogP contribution in [0.4, 0.5) is 10.6 Å². The van der Waals surface area contributed by atoms with Gasteiger partial charge in [-0.3, -0.25) is 9.47 Å². The lowest BCUT2D eigenvalue weighted by Crippen LogP contribution is -2.49. The summed E-state index contributed by atoms with van der Waals surface area (Å²) in [5, 5.41) is 0. The number of piperazine rings is 1. The summed E-state index contributed by atoms with van der Waals surface area (Å²) in [6.45, 7) is 12.0. The molecule has 0 bridgehead atoms. The molecule has 0 atom stereocenters. The smallest absolute Gasteiger partial charge is 0.409 e. The van der Waals surface area contributed by atoms with E-state index in [0.29, 0.717) is 61.8 Å². The molecule has 3 rings (SSSR count). The van der Waals surface area contributed by atoms with Crippen molar-refractivity contribution in [1.82, 2.24) is 29.3 Å². The molecule has 1 aliphatic heterocycles. The number of carbonyl (C=O) groups is 1. The van der Waals surface area contributed by atoms with Crippen LogP contribution in [0.3, 0.4) is 0 Å². The second-order valence-corrected chi connectivity index (χ2v) is 9.02. The lowest BCUT2D eigenvalue weighted by Gasteiger charge is -2.34. The van der Waals surface area contributed by atoms with Gasteiger partial charge < -0.3 is 24.8 Å². The zero-order chi connectivity index (χ0) is 24.5. The zero-order valence-electron chi connectivity index (χ0n) is 21.0. The molecule has 0 spiro atoms. The number of amides is 1. The summed E-state index contributed by atoms with van der Waals surface area (Å²) in [7, 11) is 1.59. The van der Waals surface area contributed by atoms with Crippen molar-refractivity contribution >= 4 is 23.1 Å². The number of aryl methyl sites for hydroxylation is 1. The van der Waals surface area contributed by atoms with E-state index in [1.165, 1.54) is 0 Å². The normalized spacial score (nSPS) is 14.7. The number of nitrogens with two attached hydrogens (primary N) is 1. The van der Waals surface area contributed by atoms with E-state index in [1.54, 1.807) is 12.0 Å². The summed E-state index contributed by atoms with van der Waals surface area (Å²) in [5.74, 6) is 0.637. The minimum atomic E-state index is -0.202. The minimum Gasteiger partial charge on any atom is -0.468 e. The van der Waals surface area contributed by atoms with Gasteiger partial charge in [-0.1, -0.05) is 27.2 Å². The first-order chi connectivity index (χ1) is 16.4. The molecule has 11 nitrogen and oxygen atoms in total. The molecule has 3 heterocycles. The van der Waals surface area contributed by atoms with Crippen LogP contribution >= 0.6 is 0 Å². The number of ether oxygens (including phenoxy) is 3. The van der Waals surface area contributed by atoms with Crippen molar-refractivity contribution in [2.24, 2.45) is 5.92 Å². The van der Waals surface area contributed by atoms with Crippen LogP contribution < -0.4 is 15.2 Å². The van der Waals surface area contributed by atoms with Crippen LogP contribution in [0.5, 0.6) is 12.0 Å². The van der Waals surface area contributed by atoms with Crippen molar-refractivity contribution in [3.8, 4) is 12.0 Å². The zero-order valence-corrected chi connectivity index (χ0v) is 21.0. The first kappa shape index (κ1) is 25.8. The van der Waals surface area contributed by atoms with Gasteiger partial charge in [0.25, 0.3) is 6.01 Å². The van der Waals surface area contributed by atoms with Crippen molar-refractivity contribution in [3.63, 3.8) is 0 Å². The molecule has 1 fully saturated rings. The lowest BCUT2D eigenvalue weighted by atomic mass is 10.2. The highest BCUT2D eigenvalue weighted by Gasteiger charge is 2.22. The van der Waals surface area contributed by atoms with Gasteiger partial charge >= 0.3 is 12.1 Å². The third-order valence-corrected chi connectivity index (χ3v) is 5.75. The van der Waals surface area contributed by atoms with Crippen LogP contribution in [-0.4, -0.2) is 88.5 Å². The highest BCUT2D eigenvalue weighted by molar-refractivity contribution is 5.83. The minimum absolute atomic E-state index is 0.202. The molecule has 0 aromatic carbocycles. The molecular weight excluding hydrogens is 438 g/mol. The van der Waals surface area contributed by atoms with Crippen molar-refractivity contribution in [3.05, 3.63) is 0 Å². The van der Waals surface area contributed by atoms with Crippen LogP contribution in [0.15, 0.2) is 0 Å². The molecule has 0 radical (unpaired) electrons. The Labute approximate surface area is 201 Å². The van der Waals surface area contributed by atoms with Crippen LogP contribution in [0, 0.1) is 5.92 Å². The van der Waals surface area contributed by atoms with Gasteiger partial charge in [0.2, 0.25) is 0 Å². The van der Waals surface area contributed by atoms with E-state index in [2.05, 4.69) is 26.8 Å². The predicted octanol–water partition coefficient (Wildman–Crippen LogP) is 2.79. The molecule has 2 N–H and O–H groups in total. The second-order valence-electron chi connectivity index (χ2n) is 9.02. The molecular formula is C23H39N7O4. The first-order valence-corrected chi connectivity index (χ1v) is 12.3. The van der Waals surface area contributed by atoms with Crippen molar-refractivity contribution in [1.29, 1.82) is 0 Å². The Morgan fingerprint density at radius 2 is 1.79 bits per heavy atom. The molecule has 11 heteroatoms. The number of hydrogen-bond donors (Lipinski definition) is 1. The van der Waals surface area contributed by atoms with Crippen LogP contribution in [0.2, 0.25) is 0 Å². The van der Waals surface area contributed by atoms with E-state index in [1.807, 2.05) is 18.4 Å². The summed E-state index contributed by atoms with van der Waals surface area (Å²) in [6, 6.07) is 0.738. The molecule has 1 amide bonds. The molecule has 1 aliphatic rings. The van der Waals surface area contributed by atoms with Gasteiger partial charge in [0.1, 0.15) is 0 Å². The first-order valence-electron chi connectivity index (χ1n) is 12.3. The Hall–Kier alpha value is -2.82. The number of fused-ring (bicyclic) bond motifs is 1. The fraction of sp³-hybridized carbons (Fsp3) is 0.739. The summed E-state index contributed by atoms with van der Waals surface area (Å²) in [4.78, 5) is 29.5. The molecule has 190 valence electrons. The van der Waals surface area contributed by atoms with Gasteiger partial charge in [-0.25, -0.2) is 4.79 Å². The maximum Gasteiger partial charge on any atom is 0.409 e. The number of aromatic nitrogens is 4. The average molecular weight is 478 g/mol. The fourth-order valence-corrected chi connectivity index (χ4v) is 3.80. The fourth-order valence-electron chi connectivity index (χ4n) is 3.80. The summed E-state index contributed by atoms with van der Waals surface area (Å²) in [5.41, 5.74) is 7.27. The van der Waals surface area contributed by atoms with Crippen LogP contribution in [-0.2, 0) is 11.3 Å². The van der Waals surface area contributed by atoms with E-state index in [9.17, 15) is 4.79 Å². The quantitative estimate of drug-likeness (QED) is 0.460. The number of hydrogen-bond acceptors (Lipinski definition) is 9. The largest absolute Gasteiger partial charge is 0.468 e. The van der Waals surface area contributed by atoms with E-state index < -0.39 is 0 Å². The topological polar surface area (TPSA) is 121 Å². The highest BCUT2D eigenvalue weighted by atomic mass is 16.6. The molecule has 0 aliphatic carbocycles. The summed E-state index contributed by atoms with van der Waals surface area (Å²) in [6.07, 6.45) is 3.68. The van der Waals surface area contributed by atoms with E-state index in [0.717, 1.165) is 45.3 Å². The number of carbonyl (C=O) groups excluding carboxylic acids is 1. The van der Waals surface area contributed by atoms with Crippen LogP contribution in [0.1, 0.15) is 46.5 Å². The van der Waals surface area contributed by atoms with Gasteiger partial charge in [0.15, 0.2) is 17.0 Å². The Morgan fingerprint density at radius 3 is 2.47 bits per heavy atom. The van der Waals surface area contributed by atoms with Crippen molar-refractivity contribution in [2.45, 2.75) is 53.0 Å². The van der Waals surface area contributed by atoms with Gasteiger partial charge in [-0.15, -0.1) is 0 Å². The number of nitrogens with zero attached hydrogens (tertiary/aromatic N) is 6. The van der Waals surface area contributed by atoms with E-state index >= 15 is 0 Å². The number of anilines is 1. The third kappa shape index (κ3) is 6.85. The maximum absolute atomic E-state index is 12.1. The van der Waals surface area contributed by atoms with Crippen molar-refractivity contribution < 1.29 is 19.0 Å². The van der Waals surface area contributed by atoms with Gasteiger partial charge in [-0.2, -0.15) is 15.0 Å². The summed E-state index contributed by atoms with van der Waals surface area (Å²) < 4.78 is 18.4. The SMILES string of the molecule is CCCCOc1nc(N)c2nc(OC)n(CCCCN3CCN(C(=O)OCC(C)C)CC3)c2n1. The molecule has 2 aromatic heterocycles. The Morgan fingerprint density at radius 1 is 1.06 bits per heavy atom. The monoisotopic (exact) mass is 477 g/mol. The molecule has 0 saturated carbocycles. The number of rotatable bonds is 12. The lowest BCUT2D eigenvalue weighted by molar-refractivity contribution is 0.0687. The number of nitrogen functional groups attached to an aromatic ring is 1. The third-order valence-electron chi connectivity index (χ3n) is 5.75. The Kier molecular flexibility index (Phi) is 9.55. The van der Waals surface area contributed by atoms with E-state index in [4.69, 9.17) is 19.9 Å². The van der Waals surface area contributed by atoms with Crippen LogP contribution in [0.25, 0.3) is 11.2 Å². The number of methoxy groups -OCH3 is 1. The summed E-state index contributed by atoms with van der Waals surface area (Å²) >= 11 is 0. The van der Waals surface area contributed by atoms with Crippen molar-refractivity contribution in [2.75, 3.05) is 58.8 Å². The number of unbranched alkanes of at least 4 members (excludes halogenated alkanes) is 2. The van der Waals surface area contributed by atoms with Gasteiger partial charge in [0, 0.05) is 32.7 Å². The van der Waals surface area contributed by atoms with E-state index in [-0.39, 0.29) is 12.1 Å². The van der Waals surface area contributed by atoms with Gasteiger partial charge in [0.05, 0.1) is 20.3 Å². The molecule has 2 aromatic rings. The molecule has 0 unspecified atom stereocenters. The maximum atomic E-state index is 12.1. The molecule has 34 heavy (non-hydrogen) atoms. The number of imidazole rings is 1. The Balaban J connectivity index is 1.50. The standard InChI is InChI=1S/C23H39N7O4/c1-5-6-15-33-21-26-19(24)18-20(27-21)30(22(25-18)32-4)10-8-7-9-28-11-13-29(14-12-28)23(31)34-16-17(2)3/h17H,5-16H2,1-4H3,(H2,24,26,27).